The number of sulfone groups is 1. The van der Waals surface area contributed by atoms with E-state index >= 15 is 0 Å². The van der Waals surface area contributed by atoms with Gasteiger partial charge in [-0.15, -0.1) is 11.3 Å². The first-order valence-electron chi connectivity index (χ1n) is 5.40. The van der Waals surface area contributed by atoms with Crippen molar-refractivity contribution in [3.63, 3.8) is 0 Å². The summed E-state index contributed by atoms with van der Waals surface area (Å²) in [6, 6.07) is 4.91. The average Bonchev–Trinajstić information content (AvgIpc) is 2.76. The number of carboxylic acid groups (broad SMARTS) is 1. The fraction of sp³-hybridized carbons (Fsp3) is 0.0833. The first-order valence-corrected chi connectivity index (χ1v) is 9.04. The molecule has 1 N–H and O–H groups in total. The van der Waals surface area contributed by atoms with Gasteiger partial charge in [0.1, 0.15) is 5.82 Å². The summed E-state index contributed by atoms with van der Waals surface area (Å²) in [4.78, 5) is 11.1. The number of carbonyl (C=O) groups is 1. The van der Waals surface area contributed by atoms with Crippen LogP contribution in [-0.4, -0.2) is 19.5 Å². The van der Waals surface area contributed by atoms with E-state index in [4.69, 9.17) is 16.7 Å². The Morgan fingerprint density at radius 1 is 1.38 bits per heavy atom. The molecule has 0 atom stereocenters. The van der Waals surface area contributed by atoms with Gasteiger partial charge in [0.05, 0.1) is 25.0 Å². The van der Waals surface area contributed by atoms with Gasteiger partial charge in [0.2, 0.25) is 0 Å². The Balaban J connectivity index is 2.47. The minimum Gasteiger partial charge on any atom is -0.478 e. The van der Waals surface area contributed by atoms with Crippen molar-refractivity contribution >= 4 is 54.7 Å². The molecule has 2 rings (SSSR count). The minimum atomic E-state index is -3.87. The Hall–Kier alpha value is -0.960. The highest BCUT2D eigenvalue weighted by Gasteiger charge is 2.22. The highest BCUT2D eigenvalue weighted by atomic mass is 79.9. The van der Waals surface area contributed by atoms with Gasteiger partial charge in [0, 0.05) is 4.88 Å². The third-order valence-electron chi connectivity index (χ3n) is 2.55. The lowest BCUT2D eigenvalue weighted by molar-refractivity contribution is 0.0696. The van der Waals surface area contributed by atoms with E-state index in [1.165, 1.54) is 11.3 Å². The molecule has 0 saturated heterocycles. The van der Waals surface area contributed by atoms with Gasteiger partial charge < -0.3 is 5.11 Å². The topological polar surface area (TPSA) is 71.4 Å². The number of thiophene rings is 1. The van der Waals surface area contributed by atoms with Crippen molar-refractivity contribution in [2.24, 2.45) is 0 Å². The highest BCUT2D eigenvalue weighted by Crippen LogP contribution is 2.29. The summed E-state index contributed by atoms with van der Waals surface area (Å²) >= 11 is 9.96. The lowest BCUT2D eigenvalue weighted by Crippen LogP contribution is -2.08. The van der Waals surface area contributed by atoms with E-state index in [0.29, 0.717) is 4.88 Å². The number of aromatic carboxylic acids is 1. The van der Waals surface area contributed by atoms with Gasteiger partial charge in [-0.05, 0) is 40.2 Å². The standard InChI is InChI=1S/C12H7BrClFO4S2/c13-10-2-1-6(20-10)5-21(18,19)7-3-8(12(16)17)11(14)9(15)4-7/h1-4H,5H2,(H,16,17). The molecule has 0 aliphatic heterocycles. The van der Waals surface area contributed by atoms with Crippen molar-refractivity contribution in [3.8, 4) is 0 Å². The molecular formula is C12H7BrClFO4S2. The molecule has 4 nitrogen and oxygen atoms in total. The quantitative estimate of drug-likeness (QED) is 0.823. The molecule has 21 heavy (non-hydrogen) atoms. The monoisotopic (exact) mass is 412 g/mol. The predicted molar refractivity (Wildman–Crippen MR) is 81.3 cm³/mol. The largest absolute Gasteiger partial charge is 0.478 e. The predicted octanol–water partition coefficient (Wildman–Crippen LogP) is 3.98. The van der Waals surface area contributed by atoms with Crippen LogP contribution in [0.2, 0.25) is 5.02 Å². The second-order valence-corrected chi connectivity index (χ2v) is 8.95. The van der Waals surface area contributed by atoms with Crippen LogP contribution in [0.5, 0.6) is 0 Å². The van der Waals surface area contributed by atoms with Crippen LogP contribution in [0.15, 0.2) is 32.9 Å². The first kappa shape index (κ1) is 16.4. The van der Waals surface area contributed by atoms with E-state index in [-0.39, 0.29) is 5.75 Å². The van der Waals surface area contributed by atoms with Gasteiger partial charge in [-0.25, -0.2) is 17.6 Å². The number of rotatable bonds is 4. The summed E-state index contributed by atoms with van der Waals surface area (Å²) in [5, 5.41) is 8.31. The van der Waals surface area contributed by atoms with Gasteiger partial charge in [-0.3, -0.25) is 0 Å². The third-order valence-corrected chi connectivity index (χ3v) is 6.39. The smallest absolute Gasteiger partial charge is 0.337 e. The summed E-state index contributed by atoms with van der Waals surface area (Å²) in [5.41, 5.74) is -0.581. The number of benzene rings is 1. The van der Waals surface area contributed by atoms with Crippen LogP contribution >= 0.6 is 38.9 Å². The van der Waals surface area contributed by atoms with Crippen LogP contribution in [0.1, 0.15) is 15.2 Å². The molecule has 1 heterocycles. The SMILES string of the molecule is O=C(O)c1cc(S(=O)(=O)Cc2ccc(Br)s2)cc(F)c1Cl. The molecule has 0 bridgehead atoms. The molecular weight excluding hydrogens is 407 g/mol. The average molecular weight is 414 g/mol. The van der Waals surface area contributed by atoms with Crippen molar-refractivity contribution in [3.05, 3.63) is 49.3 Å². The normalized spacial score (nSPS) is 11.6. The fourth-order valence-corrected chi connectivity index (χ4v) is 4.99. The van der Waals surface area contributed by atoms with Gasteiger partial charge in [-0.1, -0.05) is 11.6 Å². The summed E-state index contributed by atoms with van der Waals surface area (Å²) in [6.07, 6.45) is 0. The Bertz CT molecular complexity index is 817. The molecule has 9 heteroatoms. The van der Waals surface area contributed by atoms with Crippen LogP contribution < -0.4 is 0 Å². The van der Waals surface area contributed by atoms with E-state index in [2.05, 4.69) is 15.9 Å². The van der Waals surface area contributed by atoms with E-state index in [9.17, 15) is 17.6 Å². The number of halogens is 3. The first-order chi connectivity index (χ1) is 9.70. The van der Waals surface area contributed by atoms with E-state index < -0.39 is 37.1 Å². The Morgan fingerprint density at radius 3 is 2.57 bits per heavy atom. The Kier molecular flexibility index (Phi) is 4.72. The lowest BCUT2D eigenvalue weighted by atomic mass is 10.2. The molecule has 0 saturated carbocycles. The molecule has 0 fully saturated rings. The lowest BCUT2D eigenvalue weighted by Gasteiger charge is -2.07. The molecule has 2 aromatic rings. The third kappa shape index (κ3) is 3.63. The molecule has 0 spiro atoms. The van der Waals surface area contributed by atoms with Crippen molar-refractivity contribution < 1.29 is 22.7 Å². The zero-order chi connectivity index (χ0) is 15.8. The number of hydrogen-bond donors (Lipinski definition) is 1. The van der Waals surface area contributed by atoms with Crippen LogP contribution in [0, 0.1) is 5.82 Å². The van der Waals surface area contributed by atoms with E-state index in [1.54, 1.807) is 12.1 Å². The van der Waals surface area contributed by atoms with Gasteiger partial charge >= 0.3 is 5.97 Å². The van der Waals surface area contributed by atoms with Crippen molar-refractivity contribution in [2.45, 2.75) is 10.6 Å². The summed E-state index contributed by atoms with van der Waals surface area (Å²) in [6.45, 7) is 0. The number of carboxylic acids is 1. The van der Waals surface area contributed by atoms with Crippen LogP contribution in [0.4, 0.5) is 4.39 Å². The Labute approximate surface area is 137 Å². The molecule has 1 aromatic heterocycles. The molecule has 0 aliphatic carbocycles. The van der Waals surface area contributed by atoms with Crippen LogP contribution in [0.3, 0.4) is 0 Å². The maximum atomic E-state index is 13.6. The summed E-state index contributed by atoms with van der Waals surface area (Å²) < 4.78 is 38.8. The van der Waals surface area contributed by atoms with Gasteiger partial charge in [0.25, 0.3) is 0 Å². The van der Waals surface area contributed by atoms with Crippen molar-refractivity contribution in [2.75, 3.05) is 0 Å². The van der Waals surface area contributed by atoms with Gasteiger partial charge in [0.15, 0.2) is 9.84 Å². The zero-order valence-corrected chi connectivity index (χ0v) is 14.1. The second-order valence-electron chi connectivity index (χ2n) is 4.04. The highest BCUT2D eigenvalue weighted by molar-refractivity contribution is 9.11. The Morgan fingerprint density at radius 2 is 2.05 bits per heavy atom. The van der Waals surface area contributed by atoms with Crippen LogP contribution in [0.25, 0.3) is 0 Å². The summed E-state index contributed by atoms with van der Waals surface area (Å²) in [7, 11) is -3.87. The van der Waals surface area contributed by atoms with E-state index in [1.807, 2.05) is 0 Å². The van der Waals surface area contributed by atoms with Crippen molar-refractivity contribution in [1.82, 2.24) is 0 Å². The molecule has 0 unspecified atom stereocenters. The fourth-order valence-electron chi connectivity index (χ4n) is 1.60. The maximum absolute atomic E-state index is 13.6. The zero-order valence-electron chi connectivity index (χ0n) is 10.1. The van der Waals surface area contributed by atoms with E-state index in [0.717, 1.165) is 15.9 Å². The minimum absolute atomic E-state index is 0.344. The molecule has 0 amide bonds. The molecule has 112 valence electrons. The summed E-state index contributed by atoms with van der Waals surface area (Å²) in [5.74, 6) is -2.92. The van der Waals surface area contributed by atoms with Crippen molar-refractivity contribution in [1.29, 1.82) is 0 Å². The second kappa shape index (κ2) is 6.04. The maximum Gasteiger partial charge on any atom is 0.337 e. The van der Waals surface area contributed by atoms with Crippen LogP contribution in [-0.2, 0) is 15.6 Å². The molecule has 0 radical (unpaired) electrons. The number of hydrogen-bond acceptors (Lipinski definition) is 4. The van der Waals surface area contributed by atoms with Gasteiger partial charge in [-0.2, -0.15) is 0 Å². The molecule has 1 aromatic carbocycles. The molecule has 0 aliphatic rings.